The number of carbonyl (C=O) groups is 1. The molecular weight excluding hydrogens is 262 g/mol. The van der Waals surface area contributed by atoms with Crippen LogP contribution < -0.4 is 15.5 Å². The van der Waals surface area contributed by atoms with Crippen LogP contribution in [0.5, 0.6) is 0 Å². The van der Waals surface area contributed by atoms with E-state index in [1.54, 1.807) is 7.05 Å². The molecule has 4 heteroatoms. The fourth-order valence-corrected chi connectivity index (χ4v) is 2.21. The van der Waals surface area contributed by atoms with Crippen molar-refractivity contribution in [1.29, 1.82) is 0 Å². The predicted octanol–water partition coefficient (Wildman–Crippen LogP) is 2.31. The van der Waals surface area contributed by atoms with Gasteiger partial charge in [-0.15, -0.1) is 0 Å². The zero-order chi connectivity index (χ0) is 15.8. The maximum Gasteiger partial charge on any atom is 0.239 e. The first-order valence-corrected chi connectivity index (χ1v) is 7.73. The molecule has 0 saturated carbocycles. The molecule has 0 aliphatic carbocycles. The number of amides is 1. The predicted molar refractivity (Wildman–Crippen MR) is 89.7 cm³/mol. The molecule has 4 nitrogen and oxygen atoms in total. The summed E-state index contributed by atoms with van der Waals surface area (Å²) in [6.45, 7) is 11.8. The molecule has 0 fully saturated rings. The zero-order valence-corrected chi connectivity index (χ0v) is 14.0. The van der Waals surface area contributed by atoms with Gasteiger partial charge in [0.2, 0.25) is 5.91 Å². The Morgan fingerprint density at radius 3 is 2.57 bits per heavy atom. The highest BCUT2D eigenvalue weighted by Crippen LogP contribution is 2.19. The third-order valence-corrected chi connectivity index (χ3v) is 3.55. The summed E-state index contributed by atoms with van der Waals surface area (Å²) in [5, 5.41) is 6.14. The van der Waals surface area contributed by atoms with Gasteiger partial charge in [0.25, 0.3) is 0 Å². The fourth-order valence-electron chi connectivity index (χ4n) is 2.21. The average molecular weight is 291 g/mol. The number of likely N-dealkylation sites (N-methyl/N-ethyl adjacent to an activating group) is 2. The van der Waals surface area contributed by atoms with Crippen LogP contribution in [0, 0.1) is 12.8 Å². The van der Waals surface area contributed by atoms with Crippen LogP contribution in [0.2, 0.25) is 0 Å². The first-order valence-electron chi connectivity index (χ1n) is 7.73. The van der Waals surface area contributed by atoms with Crippen LogP contribution in [0.4, 0.5) is 5.69 Å². The Hall–Kier alpha value is -1.55. The van der Waals surface area contributed by atoms with Crippen molar-refractivity contribution in [3.63, 3.8) is 0 Å². The quantitative estimate of drug-likeness (QED) is 0.772. The highest BCUT2D eigenvalue weighted by Gasteiger charge is 2.10. The molecule has 21 heavy (non-hydrogen) atoms. The maximum atomic E-state index is 11.5. The number of carbonyl (C=O) groups excluding carboxylic acids is 1. The van der Waals surface area contributed by atoms with Gasteiger partial charge in [0.15, 0.2) is 0 Å². The second kappa shape index (κ2) is 8.67. The first-order chi connectivity index (χ1) is 9.97. The van der Waals surface area contributed by atoms with E-state index < -0.39 is 0 Å². The second-order valence-electron chi connectivity index (χ2n) is 5.82. The minimum Gasteiger partial charge on any atom is -0.362 e. The summed E-state index contributed by atoms with van der Waals surface area (Å²) < 4.78 is 0. The van der Waals surface area contributed by atoms with Gasteiger partial charge in [-0.05, 0) is 49.6 Å². The molecule has 0 atom stereocenters. The molecule has 118 valence electrons. The molecule has 0 heterocycles. The SMILES string of the molecule is CCN(CC(=O)NC)c1ccc(CNCC(C)C)c(C)c1. The van der Waals surface area contributed by atoms with Gasteiger partial charge in [0, 0.05) is 25.8 Å². The standard InChI is InChI=1S/C17H29N3O/c1-6-20(12-17(21)18-5)16-8-7-15(14(4)9-16)11-19-10-13(2)3/h7-9,13,19H,6,10-12H2,1-5H3,(H,18,21). The van der Waals surface area contributed by atoms with E-state index in [1.807, 2.05) is 0 Å². The summed E-state index contributed by atoms with van der Waals surface area (Å²) in [5.74, 6) is 0.699. The number of anilines is 1. The topological polar surface area (TPSA) is 44.4 Å². The summed E-state index contributed by atoms with van der Waals surface area (Å²) in [6.07, 6.45) is 0. The smallest absolute Gasteiger partial charge is 0.239 e. The third kappa shape index (κ3) is 5.76. The molecule has 0 spiro atoms. The molecular formula is C17H29N3O. The monoisotopic (exact) mass is 291 g/mol. The highest BCUT2D eigenvalue weighted by molar-refractivity contribution is 5.81. The fraction of sp³-hybridized carbons (Fsp3) is 0.588. The van der Waals surface area contributed by atoms with E-state index in [0.717, 1.165) is 25.3 Å². The lowest BCUT2D eigenvalue weighted by Gasteiger charge is -2.23. The molecule has 0 aliphatic rings. The molecule has 1 aromatic rings. The van der Waals surface area contributed by atoms with Gasteiger partial charge in [-0.3, -0.25) is 4.79 Å². The summed E-state index contributed by atoms with van der Waals surface area (Å²) in [6, 6.07) is 6.43. The van der Waals surface area contributed by atoms with E-state index in [9.17, 15) is 4.79 Å². The molecule has 0 aromatic heterocycles. The summed E-state index contributed by atoms with van der Waals surface area (Å²) in [4.78, 5) is 13.6. The zero-order valence-electron chi connectivity index (χ0n) is 14.0. The number of nitrogens with zero attached hydrogens (tertiary/aromatic N) is 1. The molecule has 1 aromatic carbocycles. The van der Waals surface area contributed by atoms with Crippen molar-refractivity contribution in [2.45, 2.75) is 34.2 Å². The van der Waals surface area contributed by atoms with Crippen molar-refractivity contribution in [1.82, 2.24) is 10.6 Å². The Bertz CT molecular complexity index is 457. The Morgan fingerprint density at radius 1 is 1.33 bits per heavy atom. The average Bonchev–Trinajstić information content (AvgIpc) is 2.45. The van der Waals surface area contributed by atoms with Crippen LogP contribution in [-0.4, -0.2) is 32.6 Å². The van der Waals surface area contributed by atoms with E-state index in [0.29, 0.717) is 12.5 Å². The van der Waals surface area contributed by atoms with E-state index in [2.05, 4.69) is 61.4 Å². The van der Waals surface area contributed by atoms with Crippen molar-refractivity contribution >= 4 is 11.6 Å². The van der Waals surface area contributed by atoms with E-state index >= 15 is 0 Å². The Balaban J connectivity index is 2.73. The largest absolute Gasteiger partial charge is 0.362 e. The number of nitrogens with one attached hydrogen (secondary N) is 2. The highest BCUT2D eigenvalue weighted by atomic mass is 16.1. The molecule has 0 bridgehead atoms. The second-order valence-corrected chi connectivity index (χ2v) is 5.82. The van der Waals surface area contributed by atoms with Crippen molar-refractivity contribution in [2.24, 2.45) is 5.92 Å². The normalized spacial score (nSPS) is 10.8. The minimum atomic E-state index is 0.0391. The summed E-state index contributed by atoms with van der Waals surface area (Å²) in [7, 11) is 1.67. The van der Waals surface area contributed by atoms with E-state index in [1.165, 1.54) is 11.1 Å². The third-order valence-electron chi connectivity index (χ3n) is 3.55. The van der Waals surface area contributed by atoms with Crippen molar-refractivity contribution in [2.75, 3.05) is 31.6 Å². The van der Waals surface area contributed by atoms with E-state index in [4.69, 9.17) is 0 Å². The summed E-state index contributed by atoms with van der Waals surface area (Å²) in [5.41, 5.74) is 3.68. The number of rotatable bonds is 8. The van der Waals surface area contributed by atoms with Gasteiger partial charge >= 0.3 is 0 Å². The first kappa shape index (κ1) is 17.5. The molecule has 0 aliphatic heterocycles. The number of hydrogen-bond donors (Lipinski definition) is 2. The van der Waals surface area contributed by atoms with Crippen LogP contribution in [0.25, 0.3) is 0 Å². The molecule has 1 rings (SSSR count). The minimum absolute atomic E-state index is 0.0391. The van der Waals surface area contributed by atoms with Gasteiger partial charge in [-0.25, -0.2) is 0 Å². The number of benzene rings is 1. The number of hydrogen-bond acceptors (Lipinski definition) is 3. The van der Waals surface area contributed by atoms with Crippen molar-refractivity contribution in [3.05, 3.63) is 29.3 Å². The lowest BCUT2D eigenvalue weighted by Crippen LogP contribution is -2.35. The van der Waals surface area contributed by atoms with Crippen LogP contribution in [0.3, 0.4) is 0 Å². The Morgan fingerprint density at radius 2 is 2.05 bits per heavy atom. The maximum absolute atomic E-state index is 11.5. The molecule has 0 radical (unpaired) electrons. The summed E-state index contributed by atoms with van der Waals surface area (Å²) >= 11 is 0. The lowest BCUT2D eigenvalue weighted by molar-refractivity contribution is -0.119. The van der Waals surface area contributed by atoms with Gasteiger partial charge in [0.1, 0.15) is 0 Å². The van der Waals surface area contributed by atoms with Gasteiger partial charge in [-0.2, -0.15) is 0 Å². The van der Waals surface area contributed by atoms with Crippen molar-refractivity contribution in [3.8, 4) is 0 Å². The van der Waals surface area contributed by atoms with Crippen LogP contribution in [0.1, 0.15) is 31.9 Å². The Kier molecular flexibility index (Phi) is 7.23. The molecule has 1 amide bonds. The van der Waals surface area contributed by atoms with Crippen LogP contribution in [-0.2, 0) is 11.3 Å². The van der Waals surface area contributed by atoms with Crippen LogP contribution in [0.15, 0.2) is 18.2 Å². The molecule has 0 unspecified atom stereocenters. The van der Waals surface area contributed by atoms with Gasteiger partial charge in [-0.1, -0.05) is 19.9 Å². The van der Waals surface area contributed by atoms with Gasteiger partial charge < -0.3 is 15.5 Å². The van der Waals surface area contributed by atoms with Gasteiger partial charge in [0.05, 0.1) is 6.54 Å². The lowest BCUT2D eigenvalue weighted by atomic mass is 10.1. The van der Waals surface area contributed by atoms with Crippen molar-refractivity contribution < 1.29 is 4.79 Å². The molecule has 2 N–H and O–H groups in total. The van der Waals surface area contributed by atoms with Crippen LogP contribution >= 0.6 is 0 Å². The van der Waals surface area contributed by atoms with E-state index in [-0.39, 0.29) is 5.91 Å². The number of aryl methyl sites for hydroxylation is 1. The molecule has 0 saturated heterocycles. The Labute approximate surface area is 128 Å².